The maximum Gasteiger partial charge on any atom is 0.416 e. The van der Waals surface area contributed by atoms with E-state index in [-0.39, 0.29) is 19.2 Å². The molecule has 1 saturated heterocycles. The highest BCUT2D eigenvalue weighted by atomic mass is 19.4. The number of anilines is 1. The van der Waals surface area contributed by atoms with Gasteiger partial charge in [0.1, 0.15) is 0 Å². The first-order valence-corrected chi connectivity index (χ1v) is 9.33. The van der Waals surface area contributed by atoms with Gasteiger partial charge in [0.25, 0.3) is 5.91 Å². The van der Waals surface area contributed by atoms with Gasteiger partial charge in [0.2, 0.25) is 0 Å². The molecular weight excluding hydrogens is 424 g/mol. The topological polar surface area (TPSA) is 47.3 Å². The molecule has 1 aliphatic rings. The van der Waals surface area contributed by atoms with Gasteiger partial charge >= 0.3 is 12.4 Å². The maximum atomic E-state index is 13.1. The summed E-state index contributed by atoms with van der Waals surface area (Å²) >= 11 is 0. The van der Waals surface area contributed by atoms with Crippen LogP contribution in [0.4, 0.5) is 32.0 Å². The summed E-state index contributed by atoms with van der Waals surface area (Å²) in [6, 6.07) is 9.72. The van der Waals surface area contributed by atoms with Crippen LogP contribution in [0, 0.1) is 11.3 Å². The van der Waals surface area contributed by atoms with Crippen molar-refractivity contribution in [2.24, 2.45) is 0 Å². The summed E-state index contributed by atoms with van der Waals surface area (Å²) in [5, 5.41) is 8.88. The summed E-state index contributed by atoms with van der Waals surface area (Å²) in [6.45, 7) is 1.23. The van der Waals surface area contributed by atoms with Gasteiger partial charge in [0.05, 0.1) is 22.8 Å². The Morgan fingerprint density at radius 3 is 1.94 bits per heavy atom. The van der Waals surface area contributed by atoms with Gasteiger partial charge in [-0.05, 0) is 48.9 Å². The number of nitrogens with zero attached hydrogens (tertiary/aromatic N) is 3. The lowest BCUT2D eigenvalue weighted by Crippen LogP contribution is -2.35. The number of halogens is 6. The Labute approximate surface area is 174 Å². The molecule has 31 heavy (non-hydrogen) atoms. The van der Waals surface area contributed by atoms with Crippen molar-refractivity contribution in [1.29, 1.82) is 5.26 Å². The summed E-state index contributed by atoms with van der Waals surface area (Å²) in [7, 11) is 0. The number of amides is 1. The summed E-state index contributed by atoms with van der Waals surface area (Å²) in [5.41, 5.74) is -2.37. The zero-order valence-electron chi connectivity index (χ0n) is 16.1. The van der Waals surface area contributed by atoms with Crippen molar-refractivity contribution in [3.05, 3.63) is 64.7 Å². The number of alkyl halides is 6. The van der Waals surface area contributed by atoms with Gasteiger partial charge in [-0.25, -0.2) is 0 Å². The van der Waals surface area contributed by atoms with Gasteiger partial charge in [0.15, 0.2) is 0 Å². The predicted molar refractivity (Wildman–Crippen MR) is 100 cm³/mol. The number of hydrogen-bond donors (Lipinski definition) is 0. The lowest BCUT2D eigenvalue weighted by atomic mass is 10.0. The fourth-order valence-corrected chi connectivity index (χ4v) is 3.39. The average molecular weight is 441 g/mol. The fourth-order valence-electron chi connectivity index (χ4n) is 3.39. The first-order chi connectivity index (χ1) is 14.5. The van der Waals surface area contributed by atoms with E-state index >= 15 is 0 Å². The van der Waals surface area contributed by atoms with E-state index in [1.54, 1.807) is 24.3 Å². The third-order valence-electron chi connectivity index (χ3n) is 4.98. The largest absolute Gasteiger partial charge is 0.416 e. The molecule has 0 spiro atoms. The second kappa shape index (κ2) is 8.49. The normalized spacial score (nSPS) is 15.4. The number of nitriles is 1. The summed E-state index contributed by atoms with van der Waals surface area (Å²) in [4.78, 5) is 16.0. The molecule has 0 aliphatic carbocycles. The van der Waals surface area contributed by atoms with Crippen molar-refractivity contribution in [2.75, 3.05) is 31.1 Å². The molecule has 2 aromatic rings. The summed E-state index contributed by atoms with van der Waals surface area (Å²) in [6.07, 6.45) is -9.54. The van der Waals surface area contributed by atoms with E-state index in [0.29, 0.717) is 37.2 Å². The second-order valence-corrected chi connectivity index (χ2v) is 7.09. The molecule has 0 saturated carbocycles. The van der Waals surface area contributed by atoms with Crippen molar-refractivity contribution < 1.29 is 31.1 Å². The van der Waals surface area contributed by atoms with Crippen molar-refractivity contribution >= 4 is 11.6 Å². The van der Waals surface area contributed by atoms with Crippen molar-refractivity contribution in [3.63, 3.8) is 0 Å². The summed E-state index contributed by atoms with van der Waals surface area (Å²) < 4.78 is 78.5. The van der Waals surface area contributed by atoms with E-state index in [0.717, 1.165) is 5.69 Å². The van der Waals surface area contributed by atoms with E-state index in [9.17, 15) is 31.1 Å². The zero-order valence-corrected chi connectivity index (χ0v) is 16.1. The minimum Gasteiger partial charge on any atom is -0.370 e. The molecule has 1 fully saturated rings. The van der Waals surface area contributed by atoms with Crippen molar-refractivity contribution in [2.45, 2.75) is 18.8 Å². The molecule has 0 aromatic heterocycles. The number of benzene rings is 2. The molecular formula is C21H17F6N3O. The molecule has 1 amide bonds. The molecule has 2 aromatic carbocycles. The second-order valence-electron chi connectivity index (χ2n) is 7.09. The Morgan fingerprint density at radius 2 is 1.42 bits per heavy atom. The van der Waals surface area contributed by atoms with E-state index < -0.39 is 35.0 Å². The van der Waals surface area contributed by atoms with E-state index in [1.807, 2.05) is 11.0 Å². The molecule has 0 unspecified atom stereocenters. The van der Waals surface area contributed by atoms with Crippen LogP contribution in [0.15, 0.2) is 42.5 Å². The van der Waals surface area contributed by atoms with Gasteiger partial charge < -0.3 is 9.80 Å². The Balaban J connectivity index is 1.82. The average Bonchev–Trinajstić information content (AvgIpc) is 2.98. The lowest BCUT2D eigenvalue weighted by Gasteiger charge is -2.24. The maximum absolute atomic E-state index is 13.1. The van der Waals surface area contributed by atoms with Crippen LogP contribution >= 0.6 is 0 Å². The van der Waals surface area contributed by atoms with Crippen LogP contribution in [0.25, 0.3) is 0 Å². The van der Waals surface area contributed by atoms with E-state index in [2.05, 4.69) is 0 Å². The highest BCUT2D eigenvalue weighted by molar-refractivity contribution is 5.94. The van der Waals surface area contributed by atoms with E-state index in [1.165, 1.54) is 4.90 Å². The number of carbonyl (C=O) groups is 1. The molecule has 1 heterocycles. The molecule has 3 rings (SSSR count). The van der Waals surface area contributed by atoms with Crippen LogP contribution in [0.3, 0.4) is 0 Å². The Bertz CT molecular complexity index is 960. The highest BCUT2D eigenvalue weighted by Crippen LogP contribution is 2.36. The molecule has 1 aliphatic heterocycles. The third kappa shape index (κ3) is 5.29. The third-order valence-corrected chi connectivity index (χ3v) is 4.98. The molecule has 0 atom stereocenters. The first-order valence-electron chi connectivity index (χ1n) is 9.33. The smallest absolute Gasteiger partial charge is 0.370 e. The van der Waals surface area contributed by atoms with Crippen LogP contribution in [-0.4, -0.2) is 37.0 Å². The first kappa shape index (κ1) is 22.5. The molecule has 4 nitrogen and oxygen atoms in total. The molecule has 164 valence electrons. The molecule has 10 heteroatoms. The Hall–Kier alpha value is -3.22. The monoisotopic (exact) mass is 441 g/mol. The van der Waals surface area contributed by atoms with Gasteiger partial charge in [-0.3, -0.25) is 4.79 Å². The van der Waals surface area contributed by atoms with Crippen LogP contribution in [-0.2, 0) is 12.4 Å². The number of hydrogen-bond acceptors (Lipinski definition) is 3. The lowest BCUT2D eigenvalue weighted by molar-refractivity contribution is -0.143. The van der Waals surface area contributed by atoms with Crippen LogP contribution in [0.5, 0.6) is 0 Å². The van der Waals surface area contributed by atoms with Crippen LogP contribution in [0.2, 0.25) is 0 Å². The highest BCUT2D eigenvalue weighted by Gasteiger charge is 2.38. The van der Waals surface area contributed by atoms with Gasteiger partial charge in [-0.2, -0.15) is 31.6 Å². The quantitative estimate of drug-likeness (QED) is 0.620. The standard InChI is InChI=1S/C21H17F6N3O/c22-20(23,24)16-10-15(11-17(12-16)21(25,26)27)19(31)30-7-1-6-29(8-9-30)18-4-2-14(13-28)3-5-18/h2-5,10-12H,1,6-9H2. The molecule has 0 bridgehead atoms. The predicted octanol–water partition coefficient (Wildman–Crippen LogP) is 4.95. The Kier molecular flexibility index (Phi) is 6.15. The minimum atomic E-state index is -5.01. The van der Waals surface area contributed by atoms with Crippen LogP contribution in [0.1, 0.15) is 33.5 Å². The molecule has 0 radical (unpaired) electrons. The Morgan fingerprint density at radius 1 is 0.839 bits per heavy atom. The summed E-state index contributed by atoms with van der Waals surface area (Å²) in [5.74, 6) is -0.877. The molecule has 0 N–H and O–H groups in total. The zero-order chi connectivity index (χ0) is 22.8. The van der Waals surface area contributed by atoms with Crippen molar-refractivity contribution in [3.8, 4) is 6.07 Å². The SMILES string of the molecule is N#Cc1ccc(N2CCCN(C(=O)c3cc(C(F)(F)F)cc(C(F)(F)F)c3)CC2)cc1. The van der Waals surface area contributed by atoms with Gasteiger partial charge in [-0.15, -0.1) is 0 Å². The van der Waals surface area contributed by atoms with Gasteiger partial charge in [-0.1, -0.05) is 0 Å². The fraction of sp³-hybridized carbons (Fsp3) is 0.333. The number of rotatable bonds is 2. The van der Waals surface area contributed by atoms with Gasteiger partial charge in [0, 0.05) is 37.4 Å². The minimum absolute atomic E-state index is 0.00579. The van der Waals surface area contributed by atoms with Crippen LogP contribution < -0.4 is 4.90 Å². The van der Waals surface area contributed by atoms with E-state index in [4.69, 9.17) is 5.26 Å². The van der Waals surface area contributed by atoms with Crippen molar-refractivity contribution in [1.82, 2.24) is 4.90 Å². The number of carbonyl (C=O) groups excluding carboxylic acids is 1.